The van der Waals surface area contributed by atoms with Crippen molar-refractivity contribution in [3.63, 3.8) is 0 Å². The number of hydrogen-bond acceptors (Lipinski definition) is 4. The molecule has 1 aromatic carbocycles. The van der Waals surface area contributed by atoms with Gasteiger partial charge in [0.05, 0.1) is 5.92 Å². The number of carbonyl (C=O) groups excluding carboxylic acids is 1. The highest BCUT2D eigenvalue weighted by molar-refractivity contribution is 5.79. The standard InChI is InChI=1S/C14H20N2O3/c1-9(2)11(6-15)14(17)16-7-10-3-4-12-13(5-10)19-8-18-12/h3-5,9,11H,6-8,15H2,1-2H3,(H,16,17). The minimum absolute atomic E-state index is 0.00448. The number of carbonyl (C=O) groups is 1. The van der Waals surface area contributed by atoms with Crippen LogP contribution in [0.2, 0.25) is 0 Å². The van der Waals surface area contributed by atoms with Crippen molar-refractivity contribution in [1.29, 1.82) is 0 Å². The number of ether oxygens (including phenoxy) is 2. The molecule has 0 aromatic heterocycles. The highest BCUT2D eigenvalue weighted by atomic mass is 16.7. The van der Waals surface area contributed by atoms with Crippen molar-refractivity contribution in [2.75, 3.05) is 13.3 Å². The fourth-order valence-electron chi connectivity index (χ4n) is 2.05. The Morgan fingerprint density at radius 1 is 1.37 bits per heavy atom. The van der Waals surface area contributed by atoms with Crippen LogP contribution in [-0.2, 0) is 11.3 Å². The molecule has 0 radical (unpaired) electrons. The van der Waals surface area contributed by atoms with E-state index in [2.05, 4.69) is 5.32 Å². The molecule has 5 heteroatoms. The average Bonchev–Trinajstić information content (AvgIpc) is 2.84. The van der Waals surface area contributed by atoms with E-state index in [1.54, 1.807) is 0 Å². The number of nitrogens with two attached hydrogens (primary N) is 1. The summed E-state index contributed by atoms with van der Waals surface area (Å²) >= 11 is 0. The van der Waals surface area contributed by atoms with E-state index in [-0.39, 0.29) is 24.5 Å². The van der Waals surface area contributed by atoms with E-state index in [0.29, 0.717) is 13.1 Å². The number of amides is 1. The average molecular weight is 264 g/mol. The van der Waals surface area contributed by atoms with Crippen molar-refractivity contribution in [3.05, 3.63) is 23.8 Å². The van der Waals surface area contributed by atoms with Crippen molar-refractivity contribution in [2.24, 2.45) is 17.6 Å². The topological polar surface area (TPSA) is 73.6 Å². The molecule has 0 fully saturated rings. The SMILES string of the molecule is CC(C)C(CN)C(=O)NCc1ccc2c(c1)OCO2. The Kier molecular flexibility index (Phi) is 4.27. The molecule has 0 aliphatic carbocycles. The molecule has 1 unspecified atom stereocenters. The second kappa shape index (κ2) is 5.93. The summed E-state index contributed by atoms with van der Waals surface area (Å²) in [7, 11) is 0. The lowest BCUT2D eigenvalue weighted by atomic mass is 9.95. The first-order chi connectivity index (χ1) is 9.11. The number of hydrogen-bond donors (Lipinski definition) is 2. The molecule has 5 nitrogen and oxygen atoms in total. The van der Waals surface area contributed by atoms with Crippen LogP contribution in [0, 0.1) is 11.8 Å². The molecule has 3 N–H and O–H groups in total. The number of nitrogens with one attached hydrogen (secondary N) is 1. The number of benzene rings is 1. The van der Waals surface area contributed by atoms with Crippen LogP contribution in [0.15, 0.2) is 18.2 Å². The quantitative estimate of drug-likeness (QED) is 0.839. The van der Waals surface area contributed by atoms with Crippen molar-refractivity contribution < 1.29 is 14.3 Å². The monoisotopic (exact) mass is 264 g/mol. The van der Waals surface area contributed by atoms with Gasteiger partial charge in [-0.1, -0.05) is 19.9 Å². The summed E-state index contributed by atoms with van der Waals surface area (Å²) in [4.78, 5) is 12.0. The van der Waals surface area contributed by atoms with Gasteiger partial charge < -0.3 is 20.5 Å². The van der Waals surface area contributed by atoms with Crippen LogP contribution in [-0.4, -0.2) is 19.2 Å². The third-order valence-corrected chi connectivity index (χ3v) is 3.30. The molecule has 1 aliphatic rings. The van der Waals surface area contributed by atoms with E-state index < -0.39 is 0 Å². The molecule has 1 aliphatic heterocycles. The smallest absolute Gasteiger partial charge is 0.231 e. The minimum atomic E-state index is -0.144. The molecule has 1 amide bonds. The van der Waals surface area contributed by atoms with Gasteiger partial charge in [0.15, 0.2) is 11.5 Å². The molecular weight excluding hydrogens is 244 g/mol. The van der Waals surface area contributed by atoms with E-state index in [0.717, 1.165) is 17.1 Å². The van der Waals surface area contributed by atoms with Gasteiger partial charge in [0.25, 0.3) is 0 Å². The fraction of sp³-hybridized carbons (Fsp3) is 0.500. The summed E-state index contributed by atoms with van der Waals surface area (Å²) in [5, 5.41) is 2.91. The Bertz CT molecular complexity index is 460. The predicted molar refractivity (Wildman–Crippen MR) is 71.8 cm³/mol. The van der Waals surface area contributed by atoms with Crippen molar-refractivity contribution in [1.82, 2.24) is 5.32 Å². The Hall–Kier alpha value is -1.75. The molecule has 2 rings (SSSR count). The molecule has 1 heterocycles. The second-order valence-corrected chi connectivity index (χ2v) is 4.99. The normalized spacial score (nSPS) is 14.5. The Morgan fingerprint density at radius 2 is 2.11 bits per heavy atom. The second-order valence-electron chi connectivity index (χ2n) is 4.99. The molecule has 1 aromatic rings. The van der Waals surface area contributed by atoms with Crippen LogP contribution >= 0.6 is 0 Å². The van der Waals surface area contributed by atoms with Crippen LogP contribution in [0.4, 0.5) is 0 Å². The van der Waals surface area contributed by atoms with E-state index in [9.17, 15) is 4.79 Å². The Labute approximate surface area is 113 Å². The van der Waals surface area contributed by atoms with E-state index in [4.69, 9.17) is 15.2 Å². The maximum atomic E-state index is 12.0. The van der Waals surface area contributed by atoms with Crippen molar-refractivity contribution >= 4 is 5.91 Å². The highest BCUT2D eigenvalue weighted by Gasteiger charge is 2.20. The molecule has 104 valence electrons. The Morgan fingerprint density at radius 3 is 2.79 bits per heavy atom. The van der Waals surface area contributed by atoms with E-state index >= 15 is 0 Å². The zero-order chi connectivity index (χ0) is 13.8. The minimum Gasteiger partial charge on any atom is -0.454 e. The molecule has 0 bridgehead atoms. The predicted octanol–water partition coefficient (Wildman–Crippen LogP) is 1.26. The first kappa shape index (κ1) is 13.7. The lowest BCUT2D eigenvalue weighted by Gasteiger charge is -2.18. The van der Waals surface area contributed by atoms with Crippen LogP contribution in [0.25, 0.3) is 0 Å². The summed E-state index contributed by atoms with van der Waals surface area (Å²) in [5.74, 6) is 1.56. The largest absolute Gasteiger partial charge is 0.454 e. The fourth-order valence-corrected chi connectivity index (χ4v) is 2.05. The first-order valence-electron chi connectivity index (χ1n) is 6.48. The third kappa shape index (κ3) is 3.17. The van der Waals surface area contributed by atoms with Gasteiger partial charge >= 0.3 is 0 Å². The van der Waals surface area contributed by atoms with Gasteiger partial charge in [-0.3, -0.25) is 4.79 Å². The van der Waals surface area contributed by atoms with Crippen LogP contribution in [0.5, 0.6) is 11.5 Å². The molecule has 0 saturated carbocycles. The number of fused-ring (bicyclic) bond motifs is 1. The van der Waals surface area contributed by atoms with Gasteiger partial charge in [-0.2, -0.15) is 0 Å². The maximum Gasteiger partial charge on any atom is 0.231 e. The summed E-state index contributed by atoms with van der Waals surface area (Å²) < 4.78 is 10.5. The third-order valence-electron chi connectivity index (χ3n) is 3.30. The first-order valence-corrected chi connectivity index (χ1v) is 6.48. The van der Waals surface area contributed by atoms with Gasteiger partial charge in [0.1, 0.15) is 0 Å². The van der Waals surface area contributed by atoms with Crippen molar-refractivity contribution in [2.45, 2.75) is 20.4 Å². The molecule has 19 heavy (non-hydrogen) atoms. The summed E-state index contributed by atoms with van der Waals surface area (Å²) in [6.07, 6.45) is 0. The lowest BCUT2D eigenvalue weighted by Crippen LogP contribution is -2.37. The summed E-state index contributed by atoms with van der Waals surface area (Å²) in [6.45, 7) is 5.09. The molecule has 1 atom stereocenters. The van der Waals surface area contributed by atoms with Gasteiger partial charge in [0, 0.05) is 13.1 Å². The van der Waals surface area contributed by atoms with Crippen LogP contribution < -0.4 is 20.5 Å². The summed E-state index contributed by atoms with van der Waals surface area (Å²) in [5.41, 5.74) is 6.60. The van der Waals surface area contributed by atoms with E-state index in [1.807, 2.05) is 32.0 Å². The van der Waals surface area contributed by atoms with Gasteiger partial charge in [-0.25, -0.2) is 0 Å². The zero-order valence-electron chi connectivity index (χ0n) is 11.3. The lowest BCUT2D eigenvalue weighted by molar-refractivity contribution is -0.126. The highest BCUT2D eigenvalue weighted by Crippen LogP contribution is 2.32. The van der Waals surface area contributed by atoms with Crippen molar-refractivity contribution in [3.8, 4) is 11.5 Å². The van der Waals surface area contributed by atoms with Crippen LogP contribution in [0.1, 0.15) is 19.4 Å². The van der Waals surface area contributed by atoms with Gasteiger partial charge in [-0.15, -0.1) is 0 Å². The van der Waals surface area contributed by atoms with Crippen LogP contribution in [0.3, 0.4) is 0 Å². The van der Waals surface area contributed by atoms with Gasteiger partial charge in [-0.05, 0) is 23.6 Å². The molecule has 0 spiro atoms. The van der Waals surface area contributed by atoms with Gasteiger partial charge in [0.2, 0.25) is 12.7 Å². The van der Waals surface area contributed by atoms with E-state index in [1.165, 1.54) is 0 Å². The zero-order valence-corrected chi connectivity index (χ0v) is 11.3. The molecule has 0 saturated heterocycles. The molecular formula is C14H20N2O3. The summed E-state index contributed by atoms with van der Waals surface area (Å²) in [6, 6.07) is 5.66. The maximum absolute atomic E-state index is 12.0. The number of rotatable bonds is 5. The Balaban J connectivity index is 1.93.